The van der Waals surface area contributed by atoms with E-state index in [0.29, 0.717) is 36.4 Å². The zero-order chi connectivity index (χ0) is 13.9. The second-order valence-electron chi connectivity index (χ2n) is 4.38. The van der Waals surface area contributed by atoms with E-state index in [4.69, 9.17) is 8.83 Å². The summed E-state index contributed by atoms with van der Waals surface area (Å²) in [5, 5.41) is 17.1. The molecular formula is C12H13N3O4S. The summed E-state index contributed by atoms with van der Waals surface area (Å²) >= 11 is 1.64. The zero-order valence-electron chi connectivity index (χ0n) is 10.6. The Morgan fingerprint density at radius 1 is 1.55 bits per heavy atom. The highest BCUT2D eigenvalue weighted by Gasteiger charge is 2.30. The summed E-state index contributed by atoms with van der Waals surface area (Å²) in [6.07, 6.45) is 1.53. The van der Waals surface area contributed by atoms with Gasteiger partial charge in [-0.15, -0.1) is 10.2 Å². The quantitative estimate of drug-likeness (QED) is 0.903. The molecule has 1 atom stereocenters. The Bertz CT molecular complexity index is 583. The first-order valence-electron chi connectivity index (χ1n) is 6.15. The van der Waals surface area contributed by atoms with Crippen molar-refractivity contribution < 1.29 is 18.7 Å². The van der Waals surface area contributed by atoms with Crippen LogP contribution in [0.5, 0.6) is 0 Å². The minimum Gasteiger partial charge on any atom is -0.480 e. The molecule has 7 nitrogen and oxygen atoms in total. The summed E-state index contributed by atoms with van der Waals surface area (Å²) in [4.78, 5) is 13.1. The molecule has 1 aliphatic heterocycles. The van der Waals surface area contributed by atoms with Gasteiger partial charge in [-0.2, -0.15) is 11.8 Å². The second kappa shape index (κ2) is 5.68. The van der Waals surface area contributed by atoms with Crippen molar-refractivity contribution in [2.24, 2.45) is 0 Å². The Morgan fingerprint density at radius 3 is 3.20 bits per heavy atom. The molecule has 1 fully saturated rings. The standard InChI is InChI=1S/C12H13N3O4S/c16-12(17)8-7-20-5-3-15(8)6-10-13-14-11(19-10)9-2-1-4-18-9/h1-2,4,8H,3,5-7H2,(H,16,17). The van der Waals surface area contributed by atoms with Crippen LogP contribution in [0, 0.1) is 0 Å². The van der Waals surface area contributed by atoms with Crippen LogP contribution in [0.15, 0.2) is 27.2 Å². The molecule has 2 aromatic heterocycles. The largest absolute Gasteiger partial charge is 0.480 e. The molecule has 0 radical (unpaired) electrons. The molecule has 0 spiro atoms. The number of thioether (sulfide) groups is 1. The van der Waals surface area contributed by atoms with Crippen LogP contribution in [0.25, 0.3) is 11.7 Å². The van der Waals surface area contributed by atoms with Crippen molar-refractivity contribution >= 4 is 17.7 Å². The number of nitrogens with zero attached hydrogens (tertiary/aromatic N) is 3. The number of rotatable bonds is 4. The number of carboxylic acids is 1. The molecule has 20 heavy (non-hydrogen) atoms. The lowest BCUT2D eigenvalue weighted by atomic mass is 10.2. The molecule has 3 heterocycles. The number of hydrogen-bond donors (Lipinski definition) is 1. The molecule has 0 amide bonds. The molecule has 3 rings (SSSR count). The van der Waals surface area contributed by atoms with Gasteiger partial charge in [0.15, 0.2) is 5.76 Å². The lowest BCUT2D eigenvalue weighted by Gasteiger charge is -2.31. The van der Waals surface area contributed by atoms with E-state index in [1.54, 1.807) is 23.9 Å². The molecular weight excluding hydrogens is 282 g/mol. The minimum atomic E-state index is -0.817. The Morgan fingerprint density at radius 2 is 2.45 bits per heavy atom. The molecule has 0 bridgehead atoms. The van der Waals surface area contributed by atoms with Crippen molar-refractivity contribution in [2.45, 2.75) is 12.6 Å². The number of furan rings is 1. The monoisotopic (exact) mass is 295 g/mol. The van der Waals surface area contributed by atoms with E-state index in [1.807, 2.05) is 4.90 Å². The van der Waals surface area contributed by atoms with Gasteiger partial charge in [0.05, 0.1) is 12.8 Å². The van der Waals surface area contributed by atoms with E-state index in [-0.39, 0.29) is 0 Å². The molecule has 106 valence electrons. The van der Waals surface area contributed by atoms with Crippen molar-refractivity contribution in [2.75, 3.05) is 18.1 Å². The Labute approximate surface area is 119 Å². The predicted octanol–water partition coefficient (Wildman–Crippen LogP) is 1.33. The van der Waals surface area contributed by atoms with Crippen LogP contribution in [-0.2, 0) is 11.3 Å². The summed E-state index contributed by atoms with van der Waals surface area (Å²) in [5.74, 6) is 1.88. The highest BCUT2D eigenvalue weighted by Crippen LogP contribution is 2.21. The fraction of sp³-hybridized carbons (Fsp3) is 0.417. The Hall–Kier alpha value is -1.80. The van der Waals surface area contributed by atoms with Crippen LogP contribution in [0.1, 0.15) is 5.89 Å². The van der Waals surface area contributed by atoms with Gasteiger partial charge < -0.3 is 13.9 Å². The number of hydrogen-bond acceptors (Lipinski definition) is 7. The minimum absolute atomic E-state index is 0.309. The Balaban J connectivity index is 1.72. The number of aromatic nitrogens is 2. The van der Waals surface area contributed by atoms with Crippen LogP contribution in [0.2, 0.25) is 0 Å². The third-order valence-corrected chi connectivity index (χ3v) is 4.08. The van der Waals surface area contributed by atoms with Crippen molar-refractivity contribution in [3.63, 3.8) is 0 Å². The van der Waals surface area contributed by atoms with Gasteiger partial charge in [-0.05, 0) is 12.1 Å². The average molecular weight is 295 g/mol. The summed E-state index contributed by atoms with van der Waals surface area (Å²) < 4.78 is 10.7. The highest BCUT2D eigenvalue weighted by atomic mass is 32.2. The van der Waals surface area contributed by atoms with Crippen LogP contribution in [0.3, 0.4) is 0 Å². The van der Waals surface area contributed by atoms with Gasteiger partial charge >= 0.3 is 5.97 Å². The van der Waals surface area contributed by atoms with Gasteiger partial charge in [0.25, 0.3) is 5.89 Å². The lowest BCUT2D eigenvalue weighted by Crippen LogP contribution is -2.46. The molecule has 1 aliphatic rings. The SMILES string of the molecule is O=C(O)C1CSCCN1Cc1nnc(-c2ccco2)o1. The van der Waals surface area contributed by atoms with Crippen molar-refractivity contribution in [3.05, 3.63) is 24.3 Å². The van der Waals surface area contributed by atoms with E-state index in [0.717, 1.165) is 5.75 Å². The highest BCUT2D eigenvalue weighted by molar-refractivity contribution is 7.99. The van der Waals surface area contributed by atoms with Crippen LogP contribution >= 0.6 is 11.8 Å². The fourth-order valence-corrected chi connectivity index (χ4v) is 3.15. The summed E-state index contributed by atoms with van der Waals surface area (Å²) in [6.45, 7) is 1.03. The van der Waals surface area contributed by atoms with Gasteiger partial charge in [-0.1, -0.05) is 0 Å². The van der Waals surface area contributed by atoms with Crippen molar-refractivity contribution in [1.29, 1.82) is 0 Å². The summed E-state index contributed by atoms with van der Waals surface area (Å²) in [5.41, 5.74) is 0. The number of carboxylic acid groups (broad SMARTS) is 1. The summed E-state index contributed by atoms with van der Waals surface area (Å²) in [6, 6.07) is 2.96. The first-order valence-corrected chi connectivity index (χ1v) is 7.30. The van der Waals surface area contributed by atoms with Crippen LogP contribution in [-0.4, -0.2) is 50.3 Å². The first kappa shape index (κ1) is 13.2. The van der Waals surface area contributed by atoms with Crippen LogP contribution in [0.4, 0.5) is 0 Å². The molecule has 1 N–H and O–H groups in total. The van der Waals surface area contributed by atoms with E-state index >= 15 is 0 Å². The second-order valence-corrected chi connectivity index (χ2v) is 5.53. The molecule has 0 aliphatic carbocycles. The molecule has 1 unspecified atom stereocenters. The van der Waals surface area contributed by atoms with Gasteiger partial charge in [0.1, 0.15) is 6.04 Å². The maximum Gasteiger partial charge on any atom is 0.321 e. The number of aliphatic carboxylic acids is 1. The topological polar surface area (TPSA) is 92.6 Å². The van der Waals surface area contributed by atoms with Crippen molar-refractivity contribution in [3.8, 4) is 11.7 Å². The van der Waals surface area contributed by atoms with Gasteiger partial charge in [0, 0.05) is 18.1 Å². The molecule has 2 aromatic rings. The molecule has 0 saturated carbocycles. The third kappa shape index (κ3) is 2.70. The van der Waals surface area contributed by atoms with E-state index in [9.17, 15) is 9.90 Å². The maximum absolute atomic E-state index is 11.2. The van der Waals surface area contributed by atoms with Gasteiger partial charge in [-0.3, -0.25) is 9.69 Å². The van der Waals surface area contributed by atoms with Crippen LogP contribution < -0.4 is 0 Å². The predicted molar refractivity (Wildman–Crippen MR) is 71.2 cm³/mol. The van der Waals surface area contributed by atoms with Gasteiger partial charge in [0.2, 0.25) is 5.89 Å². The lowest BCUT2D eigenvalue weighted by molar-refractivity contribution is -0.142. The molecule has 8 heteroatoms. The molecule has 1 saturated heterocycles. The molecule has 0 aromatic carbocycles. The normalized spacial score (nSPS) is 20.1. The van der Waals surface area contributed by atoms with E-state index < -0.39 is 12.0 Å². The third-order valence-electron chi connectivity index (χ3n) is 3.06. The fourth-order valence-electron chi connectivity index (χ4n) is 2.05. The van der Waals surface area contributed by atoms with E-state index in [1.165, 1.54) is 6.26 Å². The first-order chi connectivity index (χ1) is 9.74. The Kier molecular flexibility index (Phi) is 3.75. The van der Waals surface area contributed by atoms with Crippen molar-refractivity contribution in [1.82, 2.24) is 15.1 Å². The maximum atomic E-state index is 11.2. The smallest absolute Gasteiger partial charge is 0.321 e. The van der Waals surface area contributed by atoms with E-state index in [2.05, 4.69) is 10.2 Å². The number of carbonyl (C=O) groups is 1. The zero-order valence-corrected chi connectivity index (χ0v) is 11.4. The average Bonchev–Trinajstić information content (AvgIpc) is 3.09. The van der Waals surface area contributed by atoms with Gasteiger partial charge in [-0.25, -0.2) is 0 Å². The summed E-state index contributed by atoms with van der Waals surface area (Å²) in [7, 11) is 0.